The van der Waals surface area contributed by atoms with Gasteiger partial charge in [-0.15, -0.1) is 5.10 Å². The number of aliphatic hydroxyl groups excluding tert-OH is 1. The van der Waals surface area contributed by atoms with Gasteiger partial charge in [0, 0.05) is 30.6 Å². The van der Waals surface area contributed by atoms with E-state index in [0.29, 0.717) is 28.8 Å². The van der Waals surface area contributed by atoms with Crippen molar-refractivity contribution in [2.75, 3.05) is 12.4 Å². The normalized spacial score (nSPS) is 14.2. The van der Waals surface area contributed by atoms with Gasteiger partial charge >= 0.3 is 0 Å². The number of aliphatic hydroxyl groups is 1. The number of rotatable bonds is 8. The van der Waals surface area contributed by atoms with Crippen molar-refractivity contribution in [1.29, 1.82) is 0 Å². The first-order valence-electron chi connectivity index (χ1n) is 11.4. The van der Waals surface area contributed by atoms with Crippen LogP contribution in [0.5, 0.6) is 5.75 Å². The summed E-state index contributed by atoms with van der Waals surface area (Å²) in [4.78, 5) is 13.0. The molecule has 0 bridgehead atoms. The van der Waals surface area contributed by atoms with E-state index in [-0.39, 0.29) is 17.9 Å². The summed E-state index contributed by atoms with van der Waals surface area (Å²) in [5.41, 5.74) is 3.62. The van der Waals surface area contributed by atoms with Crippen molar-refractivity contribution in [1.82, 2.24) is 39.6 Å². The van der Waals surface area contributed by atoms with Crippen LogP contribution in [-0.2, 0) is 6.54 Å². The topological polar surface area (TPSA) is 128 Å². The molecule has 0 aliphatic heterocycles. The molecule has 0 saturated heterocycles. The van der Waals surface area contributed by atoms with Crippen molar-refractivity contribution in [2.45, 2.75) is 31.4 Å². The number of anilines is 1. The highest BCUT2D eigenvalue weighted by Crippen LogP contribution is 2.40. The SMILES string of the molecule is COc1ccc(-n2cnnn2)c(CNc2cc(C(O)c3cn4cc(C5CC5)ccc4n3)ncn2)c1F. The Hall–Kier alpha value is -4.45. The van der Waals surface area contributed by atoms with E-state index >= 15 is 4.39 Å². The zero-order chi connectivity index (χ0) is 24.6. The Balaban J connectivity index is 1.24. The molecule has 4 heterocycles. The van der Waals surface area contributed by atoms with Crippen molar-refractivity contribution < 1.29 is 14.2 Å². The van der Waals surface area contributed by atoms with Gasteiger partial charge in [0.25, 0.3) is 0 Å². The van der Waals surface area contributed by atoms with Crippen LogP contribution in [0.4, 0.5) is 10.2 Å². The minimum atomic E-state index is -1.05. The molecule has 1 saturated carbocycles. The van der Waals surface area contributed by atoms with Crippen molar-refractivity contribution in [3.63, 3.8) is 0 Å². The fraction of sp³-hybridized carbons (Fsp3) is 0.250. The summed E-state index contributed by atoms with van der Waals surface area (Å²) < 4.78 is 23.5. The van der Waals surface area contributed by atoms with Crippen molar-refractivity contribution >= 4 is 11.5 Å². The second-order valence-electron chi connectivity index (χ2n) is 8.59. The first-order valence-corrected chi connectivity index (χ1v) is 11.4. The summed E-state index contributed by atoms with van der Waals surface area (Å²) in [6, 6.07) is 8.84. The lowest BCUT2D eigenvalue weighted by molar-refractivity contribution is 0.211. The minimum Gasteiger partial charge on any atom is -0.494 e. The Bertz CT molecular complexity index is 1530. The number of methoxy groups -OCH3 is 1. The number of benzene rings is 1. The summed E-state index contributed by atoms with van der Waals surface area (Å²) in [6.07, 6.45) is 7.97. The number of fused-ring (bicyclic) bond motifs is 1. The lowest BCUT2D eigenvalue weighted by Gasteiger charge is -2.14. The second kappa shape index (κ2) is 8.96. The van der Waals surface area contributed by atoms with E-state index in [1.165, 1.54) is 48.9 Å². The van der Waals surface area contributed by atoms with Crippen LogP contribution < -0.4 is 10.1 Å². The highest BCUT2D eigenvalue weighted by Gasteiger charge is 2.24. The van der Waals surface area contributed by atoms with Gasteiger partial charge in [-0.25, -0.2) is 24.0 Å². The van der Waals surface area contributed by atoms with E-state index in [1.54, 1.807) is 12.1 Å². The van der Waals surface area contributed by atoms with Gasteiger partial charge in [0.05, 0.1) is 24.2 Å². The molecular weight excluding hydrogens is 465 g/mol. The number of nitrogens with one attached hydrogen (secondary N) is 1. The molecule has 0 amide bonds. The highest BCUT2D eigenvalue weighted by molar-refractivity contribution is 5.49. The van der Waals surface area contributed by atoms with Gasteiger partial charge in [-0.3, -0.25) is 0 Å². The third-order valence-electron chi connectivity index (χ3n) is 6.23. The average Bonchev–Trinajstić information content (AvgIpc) is 3.44. The van der Waals surface area contributed by atoms with Gasteiger partial charge in [-0.05, 0) is 52.9 Å². The molecule has 1 aliphatic carbocycles. The van der Waals surface area contributed by atoms with Gasteiger partial charge in [0.2, 0.25) is 0 Å². The average molecular weight is 487 g/mol. The van der Waals surface area contributed by atoms with Crippen LogP contribution in [0.15, 0.2) is 55.4 Å². The van der Waals surface area contributed by atoms with Crippen LogP contribution in [0.1, 0.15) is 47.4 Å². The number of tetrazole rings is 1. The predicted octanol–water partition coefficient (Wildman–Crippen LogP) is 2.82. The van der Waals surface area contributed by atoms with E-state index in [1.807, 2.05) is 16.7 Å². The zero-order valence-electron chi connectivity index (χ0n) is 19.3. The maximum atomic E-state index is 15.1. The van der Waals surface area contributed by atoms with Crippen LogP contribution in [0.2, 0.25) is 0 Å². The molecule has 1 aliphatic rings. The molecule has 182 valence electrons. The number of imidazole rings is 1. The molecular formula is C24H22FN9O2. The molecule has 2 N–H and O–H groups in total. The van der Waals surface area contributed by atoms with Gasteiger partial charge in [-0.2, -0.15) is 0 Å². The van der Waals surface area contributed by atoms with E-state index in [4.69, 9.17) is 4.74 Å². The Morgan fingerprint density at radius 3 is 2.83 bits per heavy atom. The number of pyridine rings is 1. The standard InChI is InChI=1S/C24H22FN9O2/c1-36-20-6-5-19(34-13-29-31-32-34)16(23(20)25)9-26-21-8-17(27-12-28-21)24(35)18-11-33-10-15(14-2-3-14)4-7-22(33)30-18/h4-8,10-14,24,35H,2-3,9H2,1H3,(H,26,27,28). The smallest absolute Gasteiger partial charge is 0.172 e. The fourth-order valence-corrected chi connectivity index (χ4v) is 4.17. The van der Waals surface area contributed by atoms with E-state index in [9.17, 15) is 5.11 Å². The summed E-state index contributed by atoms with van der Waals surface area (Å²) in [7, 11) is 1.40. The molecule has 11 nitrogen and oxygen atoms in total. The first-order chi connectivity index (χ1) is 17.6. The molecule has 5 aromatic rings. The number of halogens is 1. The Kier molecular flexibility index (Phi) is 5.49. The predicted molar refractivity (Wildman–Crippen MR) is 126 cm³/mol. The molecule has 0 radical (unpaired) electrons. The number of ether oxygens (including phenoxy) is 1. The number of nitrogens with zero attached hydrogens (tertiary/aromatic N) is 8. The highest BCUT2D eigenvalue weighted by atomic mass is 19.1. The number of aromatic nitrogens is 8. The van der Waals surface area contributed by atoms with E-state index in [2.05, 4.69) is 48.1 Å². The Morgan fingerprint density at radius 2 is 2.06 bits per heavy atom. The van der Waals surface area contributed by atoms with E-state index in [0.717, 1.165) is 5.65 Å². The molecule has 1 atom stereocenters. The van der Waals surface area contributed by atoms with Crippen LogP contribution in [0.25, 0.3) is 11.3 Å². The van der Waals surface area contributed by atoms with Crippen LogP contribution in [0.3, 0.4) is 0 Å². The molecule has 4 aromatic heterocycles. The first kappa shape index (κ1) is 22.0. The summed E-state index contributed by atoms with van der Waals surface area (Å²) in [5.74, 6) is 0.585. The van der Waals surface area contributed by atoms with Crippen LogP contribution >= 0.6 is 0 Å². The summed E-state index contributed by atoms with van der Waals surface area (Å²) in [5, 5.41) is 25.2. The lowest BCUT2D eigenvalue weighted by Crippen LogP contribution is -2.11. The van der Waals surface area contributed by atoms with Gasteiger partial charge in [-0.1, -0.05) is 6.07 Å². The van der Waals surface area contributed by atoms with Gasteiger partial charge in [0.15, 0.2) is 11.6 Å². The van der Waals surface area contributed by atoms with Gasteiger partial charge in [0.1, 0.15) is 30.2 Å². The molecule has 36 heavy (non-hydrogen) atoms. The van der Waals surface area contributed by atoms with Crippen molar-refractivity contribution in [2.24, 2.45) is 0 Å². The molecule has 12 heteroatoms. The second-order valence-corrected chi connectivity index (χ2v) is 8.59. The maximum absolute atomic E-state index is 15.1. The molecule has 1 unspecified atom stereocenters. The molecule has 1 fully saturated rings. The maximum Gasteiger partial charge on any atom is 0.172 e. The summed E-state index contributed by atoms with van der Waals surface area (Å²) in [6.45, 7) is 0.0586. The third-order valence-corrected chi connectivity index (χ3v) is 6.23. The molecule has 1 aromatic carbocycles. The Morgan fingerprint density at radius 1 is 1.17 bits per heavy atom. The molecule has 0 spiro atoms. The van der Waals surface area contributed by atoms with Crippen LogP contribution in [0, 0.1) is 5.82 Å². The monoisotopic (exact) mass is 487 g/mol. The molecule has 6 rings (SSSR count). The van der Waals surface area contributed by atoms with E-state index < -0.39 is 11.9 Å². The summed E-state index contributed by atoms with van der Waals surface area (Å²) >= 11 is 0. The quantitative estimate of drug-likeness (QED) is 0.339. The van der Waals surface area contributed by atoms with Crippen molar-refractivity contribution in [3.05, 3.63) is 83.7 Å². The third kappa shape index (κ3) is 4.11. The number of hydrogen-bond donors (Lipinski definition) is 2. The fourth-order valence-electron chi connectivity index (χ4n) is 4.17. The van der Waals surface area contributed by atoms with Gasteiger partial charge < -0.3 is 19.6 Å². The zero-order valence-corrected chi connectivity index (χ0v) is 19.3. The number of hydrogen-bond acceptors (Lipinski definition) is 9. The van der Waals surface area contributed by atoms with Crippen molar-refractivity contribution in [3.8, 4) is 11.4 Å². The van der Waals surface area contributed by atoms with Crippen LogP contribution in [-0.4, -0.2) is 51.8 Å². The largest absolute Gasteiger partial charge is 0.494 e. The lowest BCUT2D eigenvalue weighted by atomic mass is 10.1. The Labute approximate surface area is 204 Å². The minimum absolute atomic E-state index is 0.0586.